The highest BCUT2D eigenvalue weighted by atomic mass is 32.1. The lowest BCUT2D eigenvalue weighted by atomic mass is 10.2. The van der Waals surface area contributed by atoms with Crippen LogP contribution in [0.5, 0.6) is 0 Å². The Balaban J connectivity index is 2.10. The quantitative estimate of drug-likeness (QED) is 0.857. The number of aliphatic carboxylic acids is 1. The molecular formula is C13H17NO4S. The van der Waals surface area contributed by atoms with Gasteiger partial charge in [0.15, 0.2) is 0 Å². The molecule has 5 nitrogen and oxygen atoms in total. The van der Waals surface area contributed by atoms with Crippen LogP contribution in [0.2, 0.25) is 0 Å². The molecule has 0 aliphatic heterocycles. The topological polar surface area (TPSA) is 66.8 Å². The van der Waals surface area contributed by atoms with Crippen LogP contribution in [0.1, 0.15) is 26.5 Å². The van der Waals surface area contributed by atoms with E-state index in [1.165, 1.54) is 33.8 Å². The maximum atomic E-state index is 12.3. The molecule has 0 atom stereocenters. The molecule has 0 aromatic carbocycles. The third-order valence-corrected chi connectivity index (χ3v) is 4.36. The van der Waals surface area contributed by atoms with Crippen LogP contribution in [0.25, 0.3) is 0 Å². The van der Waals surface area contributed by atoms with Crippen molar-refractivity contribution in [3.63, 3.8) is 0 Å². The van der Waals surface area contributed by atoms with E-state index in [2.05, 4.69) is 0 Å². The second-order valence-corrected chi connectivity index (χ2v) is 5.66. The van der Waals surface area contributed by atoms with Crippen molar-refractivity contribution in [3.8, 4) is 0 Å². The maximum absolute atomic E-state index is 12.3. The summed E-state index contributed by atoms with van der Waals surface area (Å²) in [5, 5.41) is 8.86. The Morgan fingerprint density at radius 2 is 2.26 bits per heavy atom. The average molecular weight is 283 g/mol. The van der Waals surface area contributed by atoms with E-state index in [4.69, 9.17) is 9.84 Å². The SMILES string of the molecule is COCCN(CC(=O)O)C(=O)c1cc2c(s1)CCC2. The zero-order valence-corrected chi connectivity index (χ0v) is 11.7. The average Bonchev–Trinajstić information content (AvgIpc) is 2.93. The summed E-state index contributed by atoms with van der Waals surface area (Å²) in [7, 11) is 1.53. The number of rotatable bonds is 6. The molecule has 1 aliphatic rings. The molecule has 0 fully saturated rings. The Morgan fingerprint density at radius 3 is 2.89 bits per heavy atom. The van der Waals surface area contributed by atoms with E-state index in [0.29, 0.717) is 18.0 Å². The highest BCUT2D eigenvalue weighted by Crippen LogP contribution is 2.31. The Hall–Kier alpha value is -1.40. The summed E-state index contributed by atoms with van der Waals surface area (Å²) in [6.45, 7) is 0.346. The zero-order valence-electron chi connectivity index (χ0n) is 10.8. The van der Waals surface area contributed by atoms with Gasteiger partial charge in [-0.3, -0.25) is 9.59 Å². The number of carbonyl (C=O) groups is 2. The van der Waals surface area contributed by atoms with Crippen LogP contribution in [0.4, 0.5) is 0 Å². The number of hydrogen-bond acceptors (Lipinski definition) is 4. The van der Waals surface area contributed by atoms with E-state index in [9.17, 15) is 9.59 Å². The van der Waals surface area contributed by atoms with Crippen molar-refractivity contribution >= 4 is 23.2 Å². The Morgan fingerprint density at radius 1 is 1.47 bits per heavy atom. The largest absolute Gasteiger partial charge is 0.480 e. The lowest BCUT2D eigenvalue weighted by molar-refractivity contribution is -0.137. The van der Waals surface area contributed by atoms with E-state index < -0.39 is 5.97 Å². The van der Waals surface area contributed by atoms with Gasteiger partial charge in [0.2, 0.25) is 0 Å². The van der Waals surface area contributed by atoms with Crippen molar-refractivity contribution in [2.24, 2.45) is 0 Å². The van der Waals surface area contributed by atoms with Gasteiger partial charge in [0.25, 0.3) is 5.91 Å². The summed E-state index contributed by atoms with van der Waals surface area (Å²) >= 11 is 1.49. The number of thiophene rings is 1. The molecule has 0 unspecified atom stereocenters. The third-order valence-electron chi connectivity index (χ3n) is 3.14. The fraction of sp³-hybridized carbons (Fsp3) is 0.538. The normalized spacial score (nSPS) is 13.3. The van der Waals surface area contributed by atoms with Crippen LogP contribution < -0.4 is 0 Å². The van der Waals surface area contributed by atoms with Crippen molar-refractivity contribution in [3.05, 3.63) is 21.4 Å². The molecular weight excluding hydrogens is 266 g/mol. The number of hydrogen-bond donors (Lipinski definition) is 1. The lowest BCUT2D eigenvalue weighted by Gasteiger charge is -2.19. The minimum absolute atomic E-state index is 0.209. The van der Waals surface area contributed by atoms with E-state index in [0.717, 1.165) is 19.3 Å². The lowest BCUT2D eigenvalue weighted by Crippen LogP contribution is -2.37. The van der Waals surface area contributed by atoms with Gasteiger partial charge in [-0.15, -0.1) is 11.3 Å². The number of amides is 1. The number of methoxy groups -OCH3 is 1. The van der Waals surface area contributed by atoms with Gasteiger partial charge in [-0.2, -0.15) is 0 Å². The monoisotopic (exact) mass is 283 g/mol. The number of carboxylic acids is 1. The predicted molar refractivity (Wildman–Crippen MR) is 71.8 cm³/mol. The second kappa shape index (κ2) is 6.16. The molecule has 1 aromatic rings. The number of aryl methyl sites for hydroxylation is 2. The van der Waals surface area contributed by atoms with Crippen LogP contribution in [0, 0.1) is 0 Å². The minimum Gasteiger partial charge on any atom is -0.480 e. The number of carbonyl (C=O) groups excluding carboxylic acids is 1. The van der Waals surface area contributed by atoms with Crippen LogP contribution in [-0.2, 0) is 22.4 Å². The van der Waals surface area contributed by atoms with Crippen molar-refractivity contribution in [1.29, 1.82) is 0 Å². The smallest absolute Gasteiger partial charge is 0.323 e. The molecule has 1 aliphatic carbocycles. The van der Waals surface area contributed by atoms with Crippen LogP contribution >= 0.6 is 11.3 Å². The van der Waals surface area contributed by atoms with Crippen LogP contribution in [0.3, 0.4) is 0 Å². The fourth-order valence-corrected chi connectivity index (χ4v) is 3.43. The summed E-state index contributed by atoms with van der Waals surface area (Å²) in [6, 6.07) is 1.91. The van der Waals surface area contributed by atoms with Gasteiger partial charge < -0.3 is 14.7 Å². The molecule has 1 heterocycles. The van der Waals surface area contributed by atoms with Crippen molar-refractivity contribution in [2.45, 2.75) is 19.3 Å². The molecule has 104 valence electrons. The second-order valence-electron chi connectivity index (χ2n) is 4.53. The molecule has 1 aromatic heterocycles. The molecule has 0 saturated heterocycles. The number of nitrogens with zero attached hydrogens (tertiary/aromatic N) is 1. The maximum Gasteiger partial charge on any atom is 0.323 e. The highest BCUT2D eigenvalue weighted by Gasteiger charge is 2.23. The summed E-state index contributed by atoms with van der Waals surface area (Å²) in [5.41, 5.74) is 1.25. The molecule has 2 rings (SSSR count). The van der Waals surface area contributed by atoms with Crippen LogP contribution in [0.15, 0.2) is 6.07 Å². The van der Waals surface area contributed by atoms with E-state index in [-0.39, 0.29) is 12.5 Å². The van der Waals surface area contributed by atoms with Crippen molar-refractivity contribution < 1.29 is 19.4 Å². The summed E-state index contributed by atoms with van der Waals surface area (Å²) in [5.74, 6) is -1.22. The zero-order chi connectivity index (χ0) is 13.8. The first-order valence-corrected chi connectivity index (χ1v) is 7.05. The molecule has 0 saturated carbocycles. The summed E-state index contributed by atoms with van der Waals surface area (Å²) in [6.07, 6.45) is 3.21. The third kappa shape index (κ3) is 3.33. The Labute approximate surface area is 115 Å². The molecule has 6 heteroatoms. The van der Waals surface area contributed by atoms with Gasteiger partial charge in [-0.25, -0.2) is 0 Å². The molecule has 0 bridgehead atoms. The van der Waals surface area contributed by atoms with Gasteiger partial charge in [0, 0.05) is 18.5 Å². The predicted octanol–water partition coefficient (Wildman–Crippen LogP) is 1.41. The molecule has 1 N–H and O–H groups in total. The van der Waals surface area contributed by atoms with Crippen molar-refractivity contribution in [2.75, 3.05) is 26.8 Å². The molecule has 0 spiro atoms. The van der Waals surface area contributed by atoms with Crippen molar-refractivity contribution in [1.82, 2.24) is 4.90 Å². The van der Waals surface area contributed by atoms with E-state index >= 15 is 0 Å². The Bertz CT molecular complexity index is 461. The first-order chi connectivity index (χ1) is 9.11. The Kier molecular flexibility index (Phi) is 4.55. The molecule has 1 amide bonds. The van der Waals surface area contributed by atoms with E-state index in [1.807, 2.05) is 6.07 Å². The number of fused-ring (bicyclic) bond motifs is 1. The minimum atomic E-state index is -1.01. The number of ether oxygens (including phenoxy) is 1. The van der Waals surface area contributed by atoms with Crippen LogP contribution in [-0.4, -0.2) is 48.7 Å². The van der Waals surface area contributed by atoms with Gasteiger partial charge in [-0.05, 0) is 30.9 Å². The molecule has 19 heavy (non-hydrogen) atoms. The standard InChI is InChI=1S/C13H17NO4S/c1-18-6-5-14(8-12(15)16)13(17)11-7-9-3-2-4-10(9)19-11/h7H,2-6,8H2,1H3,(H,15,16). The van der Waals surface area contributed by atoms with Gasteiger partial charge in [0.05, 0.1) is 11.5 Å². The summed E-state index contributed by atoms with van der Waals surface area (Å²) < 4.78 is 4.92. The first kappa shape index (κ1) is 14.0. The fourth-order valence-electron chi connectivity index (χ4n) is 2.21. The van der Waals surface area contributed by atoms with E-state index in [1.54, 1.807) is 0 Å². The highest BCUT2D eigenvalue weighted by molar-refractivity contribution is 7.14. The van der Waals surface area contributed by atoms with Gasteiger partial charge >= 0.3 is 5.97 Å². The molecule has 0 radical (unpaired) electrons. The van der Waals surface area contributed by atoms with Gasteiger partial charge in [-0.1, -0.05) is 0 Å². The van der Waals surface area contributed by atoms with Gasteiger partial charge in [0.1, 0.15) is 6.54 Å². The summed E-state index contributed by atoms with van der Waals surface area (Å²) in [4.78, 5) is 26.4. The number of carboxylic acid groups (broad SMARTS) is 1. The first-order valence-electron chi connectivity index (χ1n) is 6.23.